The van der Waals surface area contributed by atoms with Gasteiger partial charge in [0.15, 0.2) is 5.82 Å². The Hall–Kier alpha value is -2.67. The van der Waals surface area contributed by atoms with E-state index in [0.717, 1.165) is 49.0 Å². The lowest BCUT2D eigenvalue weighted by Crippen LogP contribution is -2.29. The van der Waals surface area contributed by atoms with Crippen LogP contribution in [0.5, 0.6) is 5.75 Å². The van der Waals surface area contributed by atoms with Gasteiger partial charge in [-0.15, -0.1) is 0 Å². The van der Waals surface area contributed by atoms with Crippen LogP contribution < -0.4 is 10.1 Å². The summed E-state index contributed by atoms with van der Waals surface area (Å²) in [5.74, 6) is 2.59. The van der Waals surface area contributed by atoms with Crippen LogP contribution in [0, 0.1) is 0 Å². The monoisotopic (exact) mass is 437 g/mol. The largest absolute Gasteiger partial charge is 0.490 e. The average molecular weight is 438 g/mol. The van der Waals surface area contributed by atoms with Crippen molar-refractivity contribution in [2.75, 3.05) is 26.0 Å². The van der Waals surface area contributed by atoms with Crippen LogP contribution in [0.2, 0.25) is 0 Å². The number of hydrogen-bond acceptors (Lipinski definition) is 6. The molecule has 1 N–H and O–H groups in total. The van der Waals surface area contributed by atoms with Gasteiger partial charge in [-0.3, -0.25) is 9.69 Å². The van der Waals surface area contributed by atoms with Gasteiger partial charge >= 0.3 is 0 Å². The summed E-state index contributed by atoms with van der Waals surface area (Å²) in [4.78, 5) is 25.6. The Labute approximate surface area is 191 Å². The van der Waals surface area contributed by atoms with Gasteiger partial charge in [-0.2, -0.15) is 0 Å². The second-order valence-electron chi connectivity index (χ2n) is 9.06. The van der Waals surface area contributed by atoms with E-state index >= 15 is 0 Å². The summed E-state index contributed by atoms with van der Waals surface area (Å²) in [6, 6.07) is 10.4. The number of amides is 1. The van der Waals surface area contributed by atoms with Crippen LogP contribution >= 0.6 is 0 Å². The van der Waals surface area contributed by atoms with Crippen molar-refractivity contribution in [3.63, 3.8) is 0 Å². The van der Waals surface area contributed by atoms with Crippen molar-refractivity contribution >= 4 is 11.7 Å². The molecule has 32 heavy (non-hydrogen) atoms. The third kappa shape index (κ3) is 5.57. The molecular weight excluding hydrogens is 402 g/mol. The molecule has 4 rings (SSSR count). The molecule has 0 spiro atoms. The lowest BCUT2D eigenvalue weighted by molar-refractivity contribution is -0.129. The van der Waals surface area contributed by atoms with E-state index in [2.05, 4.69) is 46.5 Å². The number of rotatable bonds is 8. The number of carbonyl (C=O) groups is 1. The molecule has 1 aliphatic heterocycles. The Kier molecular flexibility index (Phi) is 7.25. The fraction of sp³-hybridized carbons (Fsp3) is 0.560. The Morgan fingerprint density at radius 2 is 1.88 bits per heavy atom. The van der Waals surface area contributed by atoms with Crippen LogP contribution in [0.15, 0.2) is 30.3 Å². The maximum Gasteiger partial charge on any atom is 0.220 e. The fourth-order valence-corrected chi connectivity index (χ4v) is 4.80. The standard InChI is InChI=1S/C25H35N5O2/c1-18(31)30-14-6-9-23(30)25-27-20(15-24(26-2)28-25)17-29(3)16-19-10-12-22(13-11-19)32-21-7-4-5-8-21/h10-13,15,21,23H,4-9,14,16-17H2,1-3H3,(H,26,27,28)/t23-/m1/s1. The zero-order chi connectivity index (χ0) is 22.5. The van der Waals surface area contributed by atoms with E-state index in [1.165, 1.54) is 31.2 Å². The summed E-state index contributed by atoms with van der Waals surface area (Å²) < 4.78 is 6.08. The summed E-state index contributed by atoms with van der Waals surface area (Å²) in [6.07, 6.45) is 7.19. The lowest BCUT2D eigenvalue weighted by Gasteiger charge is -2.23. The minimum absolute atomic E-state index is 0.0303. The number of nitrogens with one attached hydrogen (secondary N) is 1. The van der Waals surface area contributed by atoms with Crippen LogP contribution in [0.4, 0.5) is 5.82 Å². The molecule has 2 aromatic rings. The number of carbonyl (C=O) groups excluding carboxylic acids is 1. The van der Waals surface area contributed by atoms with E-state index in [4.69, 9.17) is 9.72 Å². The summed E-state index contributed by atoms with van der Waals surface area (Å²) in [5, 5.41) is 3.15. The number of aromatic nitrogens is 2. The van der Waals surface area contributed by atoms with Gasteiger partial charge in [0, 0.05) is 39.7 Å². The zero-order valence-corrected chi connectivity index (χ0v) is 19.5. The van der Waals surface area contributed by atoms with Gasteiger partial charge in [0.1, 0.15) is 11.6 Å². The van der Waals surface area contributed by atoms with Crippen LogP contribution in [0.1, 0.15) is 68.6 Å². The molecular formula is C25H35N5O2. The molecule has 172 valence electrons. The molecule has 1 amide bonds. The first-order chi connectivity index (χ1) is 15.5. The van der Waals surface area contributed by atoms with Crippen molar-refractivity contribution in [3.8, 4) is 5.75 Å². The molecule has 1 atom stereocenters. The molecule has 1 aromatic heterocycles. The SMILES string of the molecule is CNc1cc(CN(C)Cc2ccc(OC3CCCC3)cc2)nc([C@H]2CCCN2C(C)=O)n1. The maximum absolute atomic E-state index is 12.0. The topological polar surface area (TPSA) is 70.6 Å². The number of nitrogens with zero attached hydrogens (tertiary/aromatic N) is 4. The zero-order valence-electron chi connectivity index (χ0n) is 19.5. The molecule has 2 aliphatic rings. The van der Waals surface area contributed by atoms with Gasteiger partial charge in [-0.05, 0) is 63.3 Å². The highest BCUT2D eigenvalue weighted by Gasteiger charge is 2.30. The van der Waals surface area contributed by atoms with Gasteiger partial charge in [0.2, 0.25) is 5.91 Å². The first kappa shape index (κ1) is 22.5. The minimum atomic E-state index is -0.0303. The maximum atomic E-state index is 12.0. The van der Waals surface area contributed by atoms with Gasteiger partial charge in [0.25, 0.3) is 0 Å². The Morgan fingerprint density at radius 1 is 1.12 bits per heavy atom. The van der Waals surface area contributed by atoms with Crippen molar-refractivity contribution in [1.29, 1.82) is 0 Å². The van der Waals surface area contributed by atoms with E-state index < -0.39 is 0 Å². The predicted molar refractivity (Wildman–Crippen MR) is 125 cm³/mol. The van der Waals surface area contributed by atoms with Crippen LogP contribution in [-0.4, -0.2) is 52.4 Å². The Balaban J connectivity index is 1.40. The van der Waals surface area contributed by atoms with Gasteiger partial charge in [-0.25, -0.2) is 9.97 Å². The summed E-state index contributed by atoms with van der Waals surface area (Å²) in [7, 11) is 3.97. The second kappa shape index (κ2) is 10.3. The average Bonchev–Trinajstić information content (AvgIpc) is 3.47. The predicted octanol–water partition coefficient (Wildman–Crippen LogP) is 4.16. The van der Waals surface area contributed by atoms with E-state index in [-0.39, 0.29) is 11.9 Å². The summed E-state index contributed by atoms with van der Waals surface area (Å²) in [6.45, 7) is 3.93. The summed E-state index contributed by atoms with van der Waals surface area (Å²) in [5.41, 5.74) is 2.20. The number of anilines is 1. The molecule has 7 heteroatoms. The smallest absolute Gasteiger partial charge is 0.220 e. The van der Waals surface area contributed by atoms with Gasteiger partial charge < -0.3 is 15.0 Å². The van der Waals surface area contributed by atoms with E-state index in [1.807, 2.05) is 18.0 Å². The molecule has 0 bridgehead atoms. The Morgan fingerprint density at radius 3 is 2.56 bits per heavy atom. The second-order valence-corrected chi connectivity index (χ2v) is 9.06. The van der Waals surface area contributed by atoms with E-state index in [1.54, 1.807) is 6.92 Å². The number of ether oxygens (including phenoxy) is 1. The normalized spacial score (nSPS) is 19.0. The van der Waals surface area contributed by atoms with Crippen LogP contribution in [-0.2, 0) is 17.9 Å². The van der Waals surface area contributed by atoms with Crippen molar-refractivity contribution in [2.45, 2.75) is 70.7 Å². The van der Waals surface area contributed by atoms with Gasteiger partial charge in [0.05, 0.1) is 17.8 Å². The number of hydrogen-bond donors (Lipinski definition) is 1. The number of benzene rings is 1. The fourth-order valence-electron chi connectivity index (χ4n) is 4.80. The third-order valence-corrected chi connectivity index (χ3v) is 6.42. The Bertz CT molecular complexity index is 911. The first-order valence-corrected chi connectivity index (χ1v) is 11.8. The molecule has 1 saturated heterocycles. The molecule has 1 aliphatic carbocycles. The van der Waals surface area contributed by atoms with Crippen molar-refractivity contribution < 1.29 is 9.53 Å². The number of likely N-dealkylation sites (tertiary alicyclic amines) is 1. The van der Waals surface area contributed by atoms with Crippen molar-refractivity contribution in [2.24, 2.45) is 0 Å². The molecule has 1 aromatic carbocycles. The van der Waals surface area contributed by atoms with E-state index in [9.17, 15) is 4.79 Å². The van der Waals surface area contributed by atoms with Gasteiger partial charge in [-0.1, -0.05) is 12.1 Å². The quantitative estimate of drug-likeness (QED) is 0.669. The van der Waals surface area contributed by atoms with Crippen LogP contribution in [0.25, 0.3) is 0 Å². The van der Waals surface area contributed by atoms with E-state index in [0.29, 0.717) is 12.6 Å². The van der Waals surface area contributed by atoms with Crippen LogP contribution in [0.3, 0.4) is 0 Å². The molecule has 7 nitrogen and oxygen atoms in total. The highest BCUT2D eigenvalue weighted by atomic mass is 16.5. The molecule has 0 radical (unpaired) electrons. The molecule has 2 heterocycles. The first-order valence-electron chi connectivity index (χ1n) is 11.8. The molecule has 1 saturated carbocycles. The highest BCUT2D eigenvalue weighted by Crippen LogP contribution is 2.31. The third-order valence-electron chi connectivity index (χ3n) is 6.42. The molecule has 2 fully saturated rings. The molecule has 0 unspecified atom stereocenters. The minimum Gasteiger partial charge on any atom is -0.490 e. The summed E-state index contributed by atoms with van der Waals surface area (Å²) >= 11 is 0. The lowest BCUT2D eigenvalue weighted by atomic mass is 10.2. The highest BCUT2D eigenvalue weighted by molar-refractivity contribution is 5.74. The van der Waals surface area contributed by atoms with Crippen molar-refractivity contribution in [1.82, 2.24) is 19.8 Å². The van der Waals surface area contributed by atoms with Crippen molar-refractivity contribution in [3.05, 3.63) is 47.4 Å².